The van der Waals surface area contributed by atoms with Gasteiger partial charge in [-0.15, -0.1) is 0 Å². The van der Waals surface area contributed by atoms with Crippen molar-refractivity contribution in [2.24, 2.45) is 0 Å². The van der Waals surface area contributed by atoms with Crippen molar-refractivity contribution in [3.8, 4) is 0 Å². The van der Waals surface area contributed by atoms with Crippen LogP contribution in [0.1, 0.15) is 11.1 Å². The smallest absolute Gasteiger partial charge is 0.328 e. The van der Waals surface area contributed by atoms with Crippen LogP contribution in [0.15, 0.2) is 91.0 Å². The fourth-order valence-corrected chi connectivity index (χ4v) is 2.83. The van der Waals surface area contributed by atoms with E-state index < -0.39 is 11.9 Å². The molecule has 29 heavy (non-hydrogen) atoms. The second-order valence-corrected chi connectivity index (χ2v) is 6.20. The third-order valence-corrected chi connectivity index (χ3v) is 4.15. The van der Waals surface area contributed by atoms with Crippen LogP contribution in [0.2, 0.25) is 0 Å². The molecule has 144 valence electrons. The molecule has 0 aliphatic carbocycles. The van der Waals surface area contributed by atoms with E-state index in [1.54, 1.807) is 12.2 Å². The zero-order valence-electron chi connectivity index (χ0n) is 15.5. The summed E-state index contributed by atoms with van der Waals surface area (Å²) in [6, 6.07) is 25.0. The van der Waals surface area contributed by atoms with E-state index in [2.05, 4.69) is 4.90 Å². The lowest BCUT2D eigenvalue weighted by Gasteiger charge is -2.25. The number of hydrogen-bond donors (Lipinski definition) is 2. The summed E-state index contributed by atoms with van der Waals surface area (Å²) >= 11 is 0. The van der Waals surface area contributed by atoms with Crippen LogP contribution in [0, 0.1) is 0 Å². The molecule has 5 heteroatoms. The number of aliphatic carboxylic acids is 2. The topological polar surface area (TPSA) is 77.8 Å². The van der Waals surface area contributed by atoms with E-state index >= 15 is 0 Å². The van der Waals surface area contributed by atoms with Crippen LogP contribution in [0.5, 0.6) is 0 Å². The lowest BCUT2D eigenvalue weighted by atomic mass is 10.1. The number of carbonyl (C=O) groups is 2. The van der Waals surface area contributed by atoms with Crippen molar-refractivity contribution < 1.29 is 19.8 Å². The Labute approximate surface area is 168 Å². The summed E-state index contributed by atoms with van der Waals surface area (Å²) in [5.74, 6) is -1.98. The summed E-state index contributed by atoms with van der Waals surface area (Å²) in [7, 11) is 0. The van der Waals surface area contributed by atoms with Crippen molar-refractivity contribution in [3.63, 3.8) is 0 Å². The monoisotopic (exact) mass is 385 g/mol. The van der Waals surface area contributed by atoms with Gasteiger partial charge in [0.1, 0.15) is 0 Å². The van der Waals surface area contributed by atoms with Gasteiger partial charge in [-0.1, -0.05) is 42.5 Å². The highest BCUT2D eigenvalue weighted by molar-refractivity contribution is 5.86. The number of benzene rings is 3. The second kappa shape index (κ2) is 9.19. The fourth-order valence-electron chi connectivity index (χ4n) is 2.83. The highest BCUT2D eigenvalue weighted by Gasteiger charge is 2.11. The molecule has 0 saturated heterocycles. The average molecular weight is 385 g/mol. The Morgan fingerprint density at radius 2 is 0.966 bits per heavy atom. The van der Waals surface area contributed by atoms with Crippen molar-refractivity contribution in [2.45, 2.75) is 0 Å². The first kappa shape index (κ1) is 19.6. The van der Waals surface area contributed by atoms with Gasteiger partial charge in [-0.3, -0.25) is 0 Å². The van der Waals surface area contributed by atoms with Gasteiger partial charge in [0, 0.05) is 29.2 Å². The normalized spacial score (nSPS) is 11.0. The van der Waals surface area contributed by atoms with Gasteiger partial charge >= 0.3 is 11.9 Å². The zero-order valence-corrected chi connectivity index (χ0v) is 15.5. The largest absolute Gasteiger partial charge is 0.478 e. The van der Waals surface area contributed by atoms with Crippen LogP contribution in [0.4, 0.5) is 17.1 Å². The second-order valence-electron chi connectivity index (χ2n) is 6.20. The number of para-hydroxylation sites is 1. The number of hydrogen-bond acceptors (Lipinski definition) is 3. The molecule has 3 aromatic carbocycles. The standard InChI is InChI=1S/C24H19NO4/c26-23(27)16-10-18-6-12-21(13-7-18)25(20-4-2-1-3-5-20)22-14-8-19(9-15-22)11-17-24(28)29/h1-17H,(H,26,27)(H,28,29)/b16-10+,17-11+. The lowest BCUT2D eigenvalue weighted by molar-refractivity contribution is -0.132. The maximum atomic E-state index is 10.7. The molecule has 3 aromatic rings. The minimum absolute atomic E-state index is 0.790. The first-order valence-corrected chi connectivity index (χ1v) is 8.90. The molecule has 2 N–H and O–H groups in total. The molecule has 0 bridgehead atoms. The van der Waals surface area contributed by atoms with E-state index in [1.807, 2.05) is 78.9 Å². The van der Waals surface area contributed by atoms with Crippen molar-refractivity contribution in [1.82, 2.24) is 0 Å². The summed E-state index contributed by atoms with van der Waals surface area (Å²) in [5.41, 5.74) is 4.38. The van der Waals surface area contributed by atoms with Crippen molar-refractivity contribution >= 4 is 41.2 Å². The van der Waals surface area contributed by atoms with E-state index in [4.69, 9.17) is 10.2 Å². The summed E-state index contributed by atoms with van der Waals surface area (Å²) < 4.78 is 0. The Kier molecular flexibility index (Phi) is 6.22. The quantitative estimate of drug-likeness (QED) is 0.536. The van der Waals surface area contributed by atoms with E-state index in [0.717, 1.165) is 40.3 Å². The van der Waals surface area contributed by atoms with Gasteiger partial charge in [-0.2, -0.15) is 0 Å². The molecule has 0 aliphatic rings. The molecule has 0 heterocycles. The highest BCUT2D eigenvalue weighted by Crippen LogP contribution is 2.34. The molecule has 0 aromatic heterocycles. The summed E-state index contributed by atoms with van der Waals surface area (Å²) in [5, 5.41) is 17.5. The van der Waals surface area contributed by atoms with E-state index in [0.29, 0.717) is 0 Å². The molecule has 0 unspecified atom stereocenters. The van der Waals surface area contributed by atoms with E-state index in [9.17, 15) is 9.59 Å². The molecule has 0 atom stereocenters. The maximum absolute atomic E-state index is 10.7. The van der Waals surface area contributed by atoms with Gasteiger partial charge in [-0.05, 0) is 59.7 Å². The fraction of sp³-hybridized carbons (Fsp3) is 0. The molecular weight excluding hydrogens is 366 g/mol. The van der Waals surface area contributed by atoms with Crippen LogP contribution in [0.3, 0.4) is 0 Å². The van der Waals surface area contributed by atoms with Crippen molar-refractivity contribution in [2.75, 3.05) is 4.90 Å². The van der Waals surface area contributed by atoms with Gasteiger partial charge in [0.2, 0.25) is 0 Å². The average Bonchev–Trinajstić information content (AvgIpc) is 2.73. The van der Waals surface area contributed by atoms with Crippen molar-refractivity contribution in [1.29, 1.82) is 0 Å². The first-order chi connectivity index (χ1) is 14.0. The van der Waals surface area contributed by atoms with Gasteiger partial charge in [-0.25, -0.2) is 9.59 Å². The van der Waals surface area contributed by atoms with Gasteiger partial charge in [0.05, 0.1) is 0 Å². The molecule has 0 saturated carbocycles. The molecule has 0 spiro atoms. The Hall–Kier alpha value is -4.12. The van der Waals surface area contributed by atoms with Crippen LogP contribution in [0.25, 0.3) is 12.2 Å². The number of rotatable bonds is 7. The number of carboxylic acids is 2. The molecule has 5 nitrogen and oxygen atoms in total. The third-order valence-electron chi connectivity index (χ3n) is 4.15. The van der Waals surface area contributed by atoms with Crippen LogP contribution < -0.4 is 4.90 Å². The van der Waals surface area contributed by atoms with E-state index in [-0.39, 0.29) is 0 Å². The van der Waals surface area contributed by atoms with E-state index in [1.165, 1.54) is 0 Å². The summed E-state index contributed by atoms with van der Waals surface area (Å²) in [6.07, 6.45) is 5.30. The third kappa shape index (κ3) is 5.43. The van der Waals surface area contributed by atoms with Crippen molar-refractivity contribution in [3.05, 3.63) is 102 Å². The SMILES string of the molecule is O=C(O)/C=C/c1ccc(N(c2ccccc2)c2ccc(/C=C/C(=O)O)cc2)cc1. The number of nitrogens with zero attached hydrogens (tertiary/aromatic N) is 1. The Balaban J connectivity index is 1.96. The molecule has 0 amide bonds. The lowest BCUT2D eigenvalue weighted by Crippen LogP contribution is -2.09. The Bertz CT molecular complexity index is 969. The minimum Gasteiger partial charge on any atom is -0.478 e. The predicted octanol–water partition coefficient (Wildman–Crippen LogP) is 5.35. The number of carboxylic acid groups (broad SMARTS) is 2. The minimum atomic E-state index is -0.989. The molecule has 0 fully saturated rings. The molecule has 0 aliphatic heterocycles. The maximum Gasteiger partial charge on any atom is 0.328 e. The predicted molar refractivity (Wildman–Crippen MR) is 114 cm³/mol. The highest BCUT2D eigenvalue weighted by atomic mass is 16.4. The van der Waals surface area contributed by atoms with Crippen LogP contribution >= 0.6 is 0 Å². The molecule has 0 radical (unpaired) electrons. The van der Waals surface area contributed by atoms with Gasteiger partial charge in [0.15, 0.2) is 0 Å². The first-order valence-electron chi connectivity index (χ1n) is 8.90. The Morgan fingerprint density at radius 3 is 1.34 bits per heavy atom. The van der Waals surface area contributed by atoms with Crippen LogP contribution in [-0.2, 0) is 9.59 Å². The number of anilines is 3. The van der Waals surface area contributed by atoms with Crippen LogP contribution in [-0.4, -0.2) is 22.2 Å². The molecular formula is C24H19NO4. The molecule has 3 rings (SSSR count). The Morgan fingerprint density at radius 1 is 0.586 bits per heavy atom. The van der Waals surface area contributed by atoms with Gasteiger partial charge < -0.3 is 15.1 Å². The summed E-state index contributed by atoms with van der Waals surface area (Å²) in [4.78, 5) is 23.5. The summed E-state index contributed by atoms with van der Waals surface area (Å²) in [6.45, 7) is 0. The van der Waals surface area contributed by atoms with Gasteiger partial charge in [0.25, 0.3) is 0 Å². The zero-order chi connectivity index (χ0) is 20.6.